The third-order valence-corrected chi connectivity index (χ3v) is 4.97. The molecule has 2 aliphatic rings. The molecular weight excluding hydrogens is 254 g/mol. The van der Waals surface area contributed by atoms with Gasteiger partial charge < -0.3 is 10.8 Å². The summed E-state index contributed by atoms with van der Waals surface area (Å²) in [7, 11) is 0. The highest BCUT2D eigenvalue weighted by Crippen LogP contribution is 2.30. The van der Waals surface area contributed by atoms with E-state index in [4.69, 9.17) is 5.73 Å². The lowest BCUT2D eigenvalue weighted by Crippen LogP contribution is -2.60. The lowest BCUT2D eigenvalue weighted by atomic mass is 9.79. The van der Waals surface area contributed by atoms with E-state index in [-0.39, 0.29) is 5.54 Å². The summed E-state index contributed by atoms with van der Waals surface area (Å²) in [6.45, 7) is 10.9. The van der Waals surface area contributed by atoms with Crippen molar-refractivity contribution in [3.63, 3.8) is 0 Å². The number of nitrogens with zero attached hydrogens (tertiary/aromatic N) is 2. The number of carboxylic acid groups (broad SMARTS) is 1. The van der Waals surface area contributed by atoms with Crippen LogP contribution in [0.2, 0.25) is 0 Å². The molecule has 5 nitrogen and oxygen atoms in total. The van der Waals surface area contributed by atoms with Gasteiger partial charge in [-0.05, 0) is 46.5 Å². The fraction of sp³-hybridized carbons (Fsp3) is 0.933. The van der Waals surface area contributed by atoms with Crippen LogP contribution in [-0.2, 0) is 4.79 Å². The molecule has 2 unspecified atom stereocenters. The van der Waals surface area contributed by atoms with Crippen LogP contribution in [-0.4, -0.2) is 64.2 Å². The van der Waals surface area contributed by atoms with Gasteiger partial charge in [0.25, 0.3) is 0 Å². The molecule has 116 valence electrons. The van der Waals surface area contributed by atoms with Crippen molar-refractivity contribution in [3.05, 3.63) is 0 Å². The lowest BCUT2D eigenvalue weighted by molar-refractivity contribution is -0.145. The normalized spacial score (nSPS) is 34.1. The van der Waals surface area contributed by atoms with Gasteiger partial charge in [-0.25, -0.2) is 0 Å². The fourth-order valence-electron chi connectivity index (χ4n) is 3.54. The second-order valence-corrected chi connectivity index (χ2v) is 7.41. The summed E-state index contributed by atoms with van der Waals surface area (Å²) in [5, 5.41) is 9.31. The standard InChI is InChI=1S/C15H29N3O2/c1-14(2,3)18-9-7-17(8-10-18)12-5-4-6-15(16,11-12)13(19)20/h12H,4-11,16H2,1-3H3,(H,19,20). The van der Waals surface area contributed by atoms with Crippen molar-refractivity contribution in [2.75, 3.05) is 26.2 Å². The number of hydrogen-bond acceptors (Lipinski definition) is 4. The Morgan fingerprint density at radius 1 is 1.25 bits per heavy atom. The molecule has 1 heterocycles. The molecule has 5 heteroatoms. The molecule has 2 atom stereocenters. The Morgan fingerprint density at radius 2 is 1.85 bits per heavy atom. The number of aliphatic carboxylic acids is 1. The second kappa shape index (κ2) is 5.62. The Bertz CT molecular complexity index is 359. The van der Waals surface area contributed by atoms with E-state index in [9.17, 15) is 9.90 Å². The van der Waals surface area contributed by atoms with Crippen molar-refractivity contribution in [2.45, 2.75) is 63.6 Å². The molecule has 0 aromatic rings. The van der Waals surface area contributed by atoms with Crippen molar-refractivity contribution in [1.82, 2.24) is 9.80 Å². The molecule has 2 fully saturated rings. The van der Waals surface area contributed by atoms with Crippen LogP contribution >= 0.6 is 0 Å². The minimum atomic E-state index is -1.01. The zero-order valence-corrected chi connectivity index (χ0v) is 13.1. The van der Waals surface area contributed by atoms with Crippen LogP contribution in [0.15, 0.2) is 0 Å². The van der Waals surface area contributed by atoms with Gasteiger partial charge in [0.05, 0.1) is 0 Å². The van der Waals surface area contributed by atoms with E-state index in [1.807, 2.05) is 0 Å². The smallest absolute Gasteiger partial charge is 0.323 e. The number of carbonyl (C=O) groups is 1. The van der Waals surface area contributed by atoms with Gasteiger partial charge in [0.2, 0.25) is 0 Å². The quantitative estimate of drug-likeness (QED) is 0.795. The van der Waals surface area contributed by atoms with E-state index >= 15 is 0 Å². The number of hydrogen-bond donors (Lipinski definition) is 2. The SMILES string of the molecule is CC(C)(C)N1CCN(C2CCCC(N)(C(=O)O)C2)CC1. The van der Waals surface area contributed by atoms with Crippen LogP contribution in [0.1, 0.15) is 46.5 Å². The van der Waals surface area contributed by atoms with Gasteiger partial charge in [0.1, 0.15) is 5.54 Å². The topological polar surface area (TPSA) is 69.8 Å². The summed E-state index contributed by atoms with van der Waals surface area (Å²) in [6.07, 6.45) is 3.22. The molecule has 0 amide bonds. The maximum Gasteiger partial charge on any atom is 0.323 e. The molecule has 1 aliphatic heterocycles. The van der Waals surface area contributed by atoms with Crippen LogP contribution in [0.25, 0.3) is 0 Å². The fourth-order valence-corrected chi connectivity index (χ4v) is 3.54. The van der Waals surface area contributed by atoms with Gasteiger partial charge in [-0.3, -0.25) is 14.6 Å². The average molecular weight is 283 g/mol. The van der Waals surface area contributed by atoms with Crippen LogP contribution in [0.3, 0.4) is 0 Å². The Hall–Kier alpha value is -0.650. The highest BCUT2D eigenvalue weighted by molar-refractivity contribution is 5.78. The number of rotatable bonds is 2. The Labute approximate surface area is 122 Å². The number of carboxylic acids is 1. The lowest BCUT2D eigenvalue weighted by Gasteiger charge is -2.47. The Kier molecular flexibility index (Phi) is 4.42. The van der Waals surface area contributed by atoms with Crippen LogP contribution < -0.4 is 5.73 Å². The molecule has 0 radical (unpaired) electrons. The van der Waals surface area contributed by atoms with Crippen molar-refractivity contribution >= 4 is 5.97 Å². The molecule has 2 rings (SSSR count). The molecule has 0 aromatic heterocycles. The first-order valence-electron chi connectivity index (χ1n) is 7.74. The molecule has 1 aliphatic carbocycles. The first-order valence-corrected chi connectivity index (χ1v) is 7.74. The highest BCUT2D eigenvalue weighted by atomic mass is 16.4. The van der Waals surface area contributed by atoms with E-state index in [0.29, 0.717) is 18.9 Å². The zero-order chi connectivity index (χ0) is 15.0. The van der Waals surface area contributed by atoms with Crippen molar-refractivity contribution in [2.24, 2.45) is 5.73 Å². The summed E-state index contributed by atoms with van der Waals surface area (Å²) in [6, 6.07) is 0.340. The third kappa shape index (κ3) is 3.32. The minimum Gasteiger partial charge on any atom is -0.480 e. The molecule has 1 saturated carbocycles. The molecule has 0 aromatic carbocycles. The van der Waals surface area contributed by atoms with Gasteiger partial charge in [-0.2, -0.15) is 0 Å². The minimum absolute atomic E-state index is 0.220. The van der Waals surface area contributed by atoms with Crippen LogP contribution in [0.4, 0.5) is 0 Å². The number of piperazine rings is 1. The van der Waals surface area contributed by atoms with E-state index in [2.05, 4.69) is 30.6 Å². The Morgan fingerprint density at radius 3 is 2.35 bits per heavy atom. The van der Waals surface area contributed by atoms with Crippen molar-refractivity contribution in [3.8, 4) is 0 Å². The van der Waals surface area contributed by atoms with Gasteiger partial charge in [0, 0.05) is 37.8 Å². The van der Waals surface area contributed by atoms with Crippen molar-refractivity contribution < 1.29 is 9.90 Å². The Balaban J connectivity index is 1.92. The van der Waals surface area contributed by atoms with E-state index < -0.39 is 11.5 Å². The predicted octanol–water partition coefficient (Wildman–Crippen LogP) is 1.13. The molecular formula is C15H29N3O2. The monoisotopic (exact) mass is 283 g/mol. The van der Waals surface area contributed by atoms with Gasteiger partial charge in [0.15, 0.2) is 0 Å². The maximum atomic E-state index is 11.3. The first-order chi connectivity index (χ1) is 9.22. The third-order valence-electron chi connectivity index (χ3n) is 4.97. The molecule has 1 saturated heterocycles. The maximum absolute atomic E-state index is 11.3. The van der Waals surface area contributed by atoms with Gasteiger partial charge in [-0.1, -0.05) is 0 Å². The summed E-state index contributed by atoms with van der Waals surface area (Å²) in [5.41, 5.74) is 5.27. The van der Waals surface area contributed by atoms with Crippen LogP contribution in [0.5, 0.6) is 0 Å². The average Bonchev–Trinajstić information content (AvgIpc) is 2.38. The summed E-state index contributed by atoms with van der Waals surface area (Å²) < 4.78 is 0. The second-order valence-electron chi connectivity index (χ2n) is 7.41. The van der Waals surface area contributed by atoms with Gasteiger partial charge >= 0.3 is 5.97 Å². The molecule has 0 spiro atoms. The van der Waals surface area contributed by atoms with E-state index in [1.165, 1.54) is 0 Å². The van der Waals surface area contributed by atoms with Gasteiger partial charge in [-0.15, -0.1) is 0 Å². The molecule has 20 heavy (non-hydrogen) atoms. The summed E-state index contributed by atoms with van der Waals surface area (Å²) >= 11 is 0. The number of nitrogens with two attached hydrogens (primary N) is 1. The zero-order valence-electron chi connectivity index (χ0n) is 13.1. The molecule has 3 N–H and O–H groups in total. The highest BCUT2D eigenvalue weighted by Gasteiger charge is 2.41. The van der Waals surface area contributed by atoms with E-state index in [1.54, 1.807) is 0 Å². The van der Waals surface area contributed by atoms with Crippen molar-refractivity contribution in [1.29, 1.82) is 0 Å². The largest absolute Gasteiger partial charge is 0.480 e. The molecule has 0 bridgehead atoms. The van der Waals surface area contributed by atoms with E-state index in [0.717, 1.165) is 39.0 Å². The summed E-state index contributed by atoms with van der Waals surface area (Å²) in [4.78, 5) is 16.3. The van der Waals surface area contributed by atoms with Crippen LogP contribution in [0, 0.1) is 0 Å². The summed E-state index contributed by atoms with van der Waals surface area (Å²) in [5.74, 6) is -0.837. The predicted molar refractivity (Wildman–Crippen MR) is 79.7 cm³/mol. The first kappa shape index (κ1) is 15.7.